The normalized spacial score (nSPS) is 11.8. The summed E-state index contributed by atoms with van der Waals surface area (Å²) in [5, 5.41) is 2.83. The number of ether oxygens (including phenoxy) is 1. The van der Waals surface area contributed by atoms with Crippen molar-refractivity contribution < 1.29 is 13.9 Å². The summed E-state index contributed by atoms with van der Waals surface area (Å²) in [5.41, 5.74) is 3.05. The van der Waals surface area contributed by atoms with Crippen molar-refractivity contribution in [3.05, 3.63) is 65.0 Å². The summed E-state index contributed by atoms with van der Waals surface area (Å²) in [7, 11) is 0. The molecule has 0 bridgehead atoms. The van der Waals surface area contributed by atoms with E-state index in [4.69, 9.17) is 4.74 Å². The summed E-state index contributed by atoms with van der Waals surface area (Å²) in [6, 6.07) is 12.0. The highest BCUT2D eigenvalue weighted by Crippen LogP contribution is 2.18. The number of aryl methyl sites for hydroxylation is 2. The zero-order valence-electron chi connectivity index (χ0n) is 13.7. The fraction of sp³-hybridized carbons (Fsp3) is 0.316. The molecular formula is C19H22FNO2. The summed E-state index contributed by atoms with van der Waals surface area (Å²) >= 11 is 0. The van der Waals surface area contributed by atoms with Crippen molar-refractivity contribution in [1.82, 2.24) is 5.32 Å². The Morgan fingerprint density at radius 1 is 1.13 bits per heavy atom. The molecule has 2 aromatic rings. The monoisotopic (exact) mass is 315 g/mol. The predicted octanol–water partition coefficient (Wildman–Crippen LogP) is 3.92. The van der Waals surface area contributed by atoms with E-state index in [1.807, 2.05) is 32.9 Å². The fourth-order valence-electron chi connectivity index (χ4n) is 2.39. The van der Waals surface area contributed by atoms with Gasteiger partial charge in [-0.05, 0) is 61.2 Å². The van der Waals surface area contributed by atoms with Crippen molar-refractivity contribution in [2.75, 3.05) is 0 Å². The minimum Gasteiger partial charge on any atom is -0.481 e. The van der Waals surface area contributed by atoms with Crippen molar-refractivity contribution in [3.63, 3.8) is 0 Å². The molecule has 122 valence electrons. The zero-order valence-corrected chi connectivity index (χ0v) is 13.7. The van der Waals surface area contributed by atoms with Crippen LogP contribution < -0.4 is 10.1 Å². The first-order chi connectivity index (χ1) is 11.0. The van der Waals surface area contributed by atoms with Crippen LogP contribution in [0.1, 0.15) is 30.0 Å². The molecule has 4 heteroatoms. The zero-order chi connectivity index (χ0) is 16.8. The molecule has 0 saturated carbocycles. The molecule has 2 rings (SSSR count). The molecule has 3 nitrogen and oxygen atoms in total. The van der Waals surface area contributed by atoms with Crippen LogP contribution in [-0.2, 0) is 11.3 Å². The van der Waals surface area contributed by atoms with Gasteiger partial charge in [-0.25, -0.2) is 4.39 Å². The van der Waals surface area contributed by atoms with Crippen LogP contribution in [0, 0.1) is 19.7 Å². The van der Waals surface area contributed by atoms with E-state index in [1.54, 1.807) is 12.1 Å². The number of rotatable bonds is 6. The average Bonchev–Trinajstić information content (AvgIpc) is 2.51. The smallest absolute Gasteiger partial charge is 0.261 e. The molecule has 0 radical (unpaired) electrons. The van der Waals surface area contributed by atoms with E-state index in [1.165, 1.54) is 12.1 Å². The standard InChI is InChI=1S/C19H22FNO2/c1-4-18(23-17-10-13(2)9-14(3)11-17)19(22)21-12-15-5-7-16(20)8-6-15/h5-11,18H,4,12H2,1-3H3,(H,21,22). The highest BCUT2D eigenvalue weighted by atomic mass is 19.1. The maximum absolute atomic E-state index is 12.9. The third-order valence-electron chi connectivity index (χ3n) is 3.52. The molecule has 0 fully saturated rings. The number of nitrogens with one attached hydrogen (secondary N) is 1. The van der Waals surface area contributed by atoms with Gasteiger partial charge in [0, 0.05) is 6.54 Å². The van der Waals surface area contributed by atoms with Crippen molar-refractivity contribution in [3.8, 4) is 5.75 Å². The Bertz CT molecular complexity index is 647. The molecule has 1 amide bonds. The first-order valence-corrected chi connectivity index (χ1v) is 7.75. The first-order valence-electron chi connectivity index (χ1n) is 7.75. The Balaban J connectivity index is 1.96. The second kappa shape index (κ2) is 7.77. The fourth-order valence-corrected chi connectivity index (χ4v) is 2.39. The Labute approximate surface area is 136 Å². The summed E-state index contributed by atoms with van der Waals surface area (Å²) in [5.74, 6) is 0.243. The van der Waals surface area contributed by atoms with Crippen molar-refractivity contribution in [2.45, 2.75) is 39.8 Å². The molecule has 2 aromatic carbocycles. The molecule has 0 spiro atoms. The lowest BCUT2D eigenvalue weighted by atomic mass is 10.1. The number of hydrogen-bond acceptors (Lipinski definition) is 2. The van der Waals surface area contributed by atoms with Gasteiger partial charge in [0.25, 0.3) is 5.91 Å². The van der Waals surface area contributed by atoms with Crippen molar-refractivity contribution in [1.29, 1.82) is 0 Å². The van der Waals surface area contributed by atoms with Crippen LogP contribution in [0.25, 0.3) is 0 Å². The van der Waals surface area contributed by atoms with Gasteiger partial charge in [0.15, 0.2) is 6.10 Å². The van der Waals surface area contributed by atoms with E-state index in [-0.39, 0.29) is 11.7 Å². The van der Waals surface area contributed by atoms with Gasteiger partial charge in [0.2, 0.25) is 0 Å². The van der Waals surface area contributed by atoms with Gasteiger partial charge in [-0.2, -0.15) is 0 Å². The van der Waals surface area contributed by atoms with Gasteiger partial charge < -0.3 is 10.1 Å². The molecule has 23 heavy (non-hydrogen) atoms. The number of halogens is 1. The largest absolute Gasteiger partial charge is 0.481 e. The number of hydrogen-bond donors (Lipinski definition) is 1. The average molecular weight is 315 g/mol. The lowest BCUT2D eigenvalue weighted by Crippen LogP contribution is -2.37. The van der Waals surface area contributed by atoms with Crippen LogP contribution in [0.4, 0.5) is 4.39 Å². The number of amides is 1. The van der Waals surface area contributed by atoms with Crippen LogP contribution in [0.2, 0.25) is 0 Å². The summed E-state index contributed by atoms with van der Waals surface area (Å²) < 4.78 is 18.7. The minimum atomic E-state index is -0.545. The first kappa shape index (κ1) is 17.0. The van der Waals surface area contributed by atoms with E-state index < -0.39 is 6.10 Å². The molecule has 1 unspecified atom stereocenters. The second-order valence-electron chi connectivity index (χ2n) is 5.68. The molecule has 0 aromatic heterocycles. The number of carbonyl (C=O) groups excluding carboxylic acids is 1. The van der Waals surface area contributed by atoms with Gasteiger partial charge >= 0.3 is 0 Å². The van der Waals surface area contributed by atoms with E-state index in [9.17, 15) is 9.18 Å². The number of benzene rings is 2. The molecule has 0 aliphatic heterocycles. The Morgan fingerprint density at radius 2 is 1.74 bits per heavy atom. The minimum absolute atomic E-state index is 0.170. The predicted molar refractivity (Wildman–Crippen MR) is 88.9 cm³/mol. The van der Waals surface area contributed by atoms with E-state index in [2.05, 4.69) is 11.4 Å². The molecule has 1 N–H and O–H groups in total. The lowest BCUT2D eigenvalue weighted by Gasteiger charge is -2.18. The molecule has 0 heterocycles. The van der Waals surface area contributed by atoms with Gasteiger partial charge in [-0.3, -0.25) is 4.79 Å². The van der Waals surface area contributed by atoms with E-state index >= 15 is 0 Å². The van der Waals surface area contributed by atoms with Gasteiger partial charge in [-0.15, -0.1) is 0 Å². The van der Waals surface area contributed by atoms with E-state index in [0.717, 1.165) is 16.7 Å². The van der Waals surface area contributed by atoms with Crippen LogP contribution in [0.5, 0.6) is 5.75 Å². The maximum Gasteiger partial charge on any atom is 0.261 e. The van der Waals surface area contributed by atoms with Crippen molar-refractivity contribution >= 4 is 5.91 Å². The number of carbonyl (C=O) groups is 1. The third-order valence-corrected chi connectivity index (χ3v) is 3.52. The third kappa shape index (κ3) is 5.09. The lowest BCUT2D eigenvalue weighted by molar-refractivity contribution is -0.128. The van der Waals surface area contributed by atoms with Gasteiger partial charge in [-0.1, -0.05) is 25.1 Å². The van der Waals surface area contributed by atoms with Crippen LogP contribution in [0.3, 0.4) is 0 Å². The SMILES string of the molecule is CCC(Oc1cc(C)cc(C)c1)C(=O)NCc1ccc(F)cc1. The van der Waals surface area contributed by atoms with Gasteiger partial charge in [0.05, 0.1) is 0 Å². The molecule has 1 atom stereocenters. The van der Waals surface area contributed by atoms with Crippen LogP contribution in [0.15, 0.2) is 42.5 Å². The second-order valence-corrected chi connectivity index (χ2v) is 5.68. The summed E-state index contributed by atoms with van der Waals surface area (Å²) in [4.78, 5) is 12.3. The Kier molecular flexibility index (Phi) is 5.74. The van der Waals surface area contributed by atoms with E-state index in [0.29, 0.717) is 18.7 Å². The molecule has 0 aliphatic carbocycles. The van der Waals surface area contributed by atoms with Crippen LogP contribution >= 0.6 is 0 Å². The molecular weight excluding hydrogens is 293 g/mol. The summed E-state index contributed by atoms with van der Waals surface area (Å²) in [6.07, 6.45) is 0.0269. The molecule has 0 aliphatic rings. The topological polar surface area (TPSA) is 38.3 Å². The summed E-state index contributed by atoms with van der Waals surface area (Å²) in [6.45, 7) is 6.25. The van der Waals surface area contributed by atoms with Gasteiger partial charge in [0.1, 0.15) is 11.6 Å². The van der Waals surface area contributed by atoms with Crippen molar-refractivity contribution in [2.24, 2.45) is 0 Å². The Morgan fingerprint density at radius 3 is 2.30 bits per heavy atom. The Hall–Kier alpha value is -2.36. The highest BCUT2D eigenvalue weighted by molar-refractivity contribution is 5.81. The molecule has 0 saturated heterocycles. The quantitative estimate of drug-likeness (QED) is 0.877. The van der Waals surface area contributed by atoms with Crippen LogP contribution in [-0.4, -0.2) is 12.0 Å². The maximum atomic E-state index is 12.9. The highest BCUT2D eigenvalue weighted by Gasteiger charge is 2.18.